The number of hydrogen-bond donors (Lipinski definition) is 2. The van der Waals surface area contributed by atoms with E-state index in [-0.39, 0.29) is 5.91 Å². The van der Waals surface area contributed by atoms with Gasteiger partial charge in [0, 0.05) is 23.5 Å². The zero-order valence-electron chi connectivity index (χ0n) is 15.1. The molecule has 0 unspecified atom stereocenters. The molecule has 2 aromatic carbocycles. The fourth-order valence-corrected chi connectivity index (χ4v) is 3.03. The zero-order chi connectivity index (χ0) is 20.0. The molecule has 0 saturated carbocycles. The van der Waals surface area contributed by atoms with Crippen LogP contribution in [0.5, 0.6) is 5.75 Å². The Balaban J connectivity index is 1.72. The summed E-state index contributed by atoms with van der Waals surface area (Å²) in [5.41, 5.74) is 1.96. The summed E-state index contributed by atoms with van der Waals surface area (Å²) in [4.78, 5) is 16.6. The molecular weight excluding hydrogens is 378 g/mol. The maximum Gasteiger partial charge on any atom is 0.255 e. The van der Waals surface area contributed by atoms with Gasteiger partial charge in [-0.15, -0.1) is 0 Å². The lowest BCUT2D eigenvalue weighted by atomic mass is 10.2. The van der Waals surface area contributed by atoms with Gasteiger partial charge in [-0.2, -0.15) is 0 Å². The lowest BCUT2D eigenvalue weighted by molar-refractivity contribution is 0.102. The average Bonchev–Trinajstić information content (AvgIpc) is 2.68. The summed E-state index contributed by atoms with van der Waals surface area (Å²) in [7, 11) is -3.47. The van der Waals surface area contributed by atoms with Crippen molar-refractivity contribution in [2.75, 3.05) is 16.3 Å². The number of nitrogens with one attached hydrogen (secondary N) is 2. The molecule has 1 amide bonds. The molecule has 0 spiro atoms. The van der Waals surface area contributed by atoms with Gasteiger partial charge in [0.2, 0.25) is 10.0 Å². The normalized spacial score (nSPS) is 10.9. The Hall–Kier alpha value is -3.39. The van der Waals surface area contributed by atoms with E-state index < -0.39 is 10.0 Å². The van der Waals surface area contributed by atoms with Crippen molar-refractivity contribution < 1.29 is 17.9 Å². The summed E-state index contributed by atoms with van der Waals surface area (Å²) in [6.45, 7) is 0.333. The highest BCUT2D eigenvalue weighted by Crippen LogP contribution is 2.23. The molecule has 0 bridgehead atoms. The minimum absolute atomic E-state index is 0.294. The lowest BCUT2D eigenvalue weighted by Gasteiger charge is -2.12. The van der Waals surface area contributed by atoms with Crippen LogP contribution in [-0.2, 0) is 16.6 Å². The summed E-state index contributed by atoms with van der Waals surface area (Å²) in [6.07, 6.45) is 4.45. The second-order valence-corrected chi connectivity index (χ2v) is 7.80. The van der Waals surface area contributed by atoms with Gasteiger partial charge in [0.15, 0.2) is 0 Å². The third-order valence-corrected chi connectivity index (χ3v) is 4.29. The minimum atomic E-state index is -3.47. The molecule has 3 rings (SSSR count). The molecule has 1 aromatic heterocycles. The molecule has 0 radical (unpaired) electrons. The molecule has 0 fully saturated rings. The number of anilines is 2. The largest absolute Gasteiger partial charge is 0.489 e. The third-order valence-electron chi connectivity index (χ3n) is 3.70. The summed E-state index contributed by atoms with van der Waals surface area (Å²) >= 11 is 0. The van der Waals surface area contributed by atoms with Gasteiger partial charge in [-0.1, -0.05) is 24.3 Å². The Morgan fingerprint density at radius 3 is 2.54 bits per heavy atom. The quantitative estimate of drug-likeness (QED) is 0.638. The highest BCUT2D eigenvalue weighted by atomic mass is 32.2. The van der Waals surface area contributed by atoms with Gasteiger partial charge in [-0.3, -0.25) is 14.5 Å². The van der Waals surface area contributed by atoms with E-state index in [1.165, 1.54) is 0 Å². The molecule has 0 atom stereocenters. The molecule has 2 N–H and O–H groups in total. The van der Waals surface area contributed by atoms with Crippen molar-refractivity contribution in [3.63, 3.8) is 0 Å². The fraction of sp³-hybridized carbons (Fsp3) is 0.100. The maximum atomic E-state index is 12.6. The van der Waals surface area contributed by atoms with Crippen LogP contribution in [0, 0.1) is 0 Å². The summed E-state index contributed by atoms with van der Waals surface area (Å²) in [6, 6.07) is 17.0. The number of nitrogens with zero attached hydrogens (tertiary/aromatic N) is 1. The number of carbonyl (C=O) groups excluding carboxylic acids is 1. The molecule has 0 aliphatic carbocycles. The van der Waals surface area contributed by atoms with Gasteiger partial charge in [-0.25, -0.2) is 8.42 Å². The maximum absolute atomic E-state index is 12.6. The highest BCUT2D eigenvalue weighted by Gasteiger charge is 2.12. The van der Waals surface area contributed by atoms with Crippen LogP contribution in [0.4, 0.5) is 11.4 Å². The van der Waals surface area contributed by atoms with Gasteiger partial charge in [0.05, 0.1) is 17.6 Å². The topological polar surface area (TPSA) is 97.4 Å². The molecule has 1 heterocycles. The predicted molar refractivity (Wildman–Crippen MR) is 108 cm³/mol. The van der Waals surface area contributed by atoms with Crippen molar-refractivity contribution in [2.24, 2.45) is 0 Å². The van der Waals surface area contributed by atoms with Crippen molar-refractivity contribution in [1.82, 2.24) is 4.98 Å². The van der Waals surface area contributed by atoms with E-state index in [1.54, 1.807) is 60.9 Å². The van der Waals surface area contributed by atoms with E-state index in [2.05, 4.69) is 15.0 Å². The average molecular weight is 397 g/mol. The van der Waals surface area contributed by atoms with Crippen molar-refractivity contribution in [3.05, 3.63) is 84.2 Å². The Morgan fingerprint density at radius 2 is 1.82 bits per heavy atom. The van der Waals surface area contributed by atoms with Gasteiger partial charge >= 0.3 is 0 Å². The standard InChI is InChI=1S/C20H19N3O4S/c1-28(25,26)23-19-10-3-2-9-18(19)22-20(24)16-7-4-8-17(12-16)27-14-15-6-5-11-21-13-15/h2-13,23H,14H2,1H3,(H,22,24). The molecule has 3 aromatic rings. The van der Waals surface area contributed by atoms with E-state index in [0.717, 1.165) is 11.8 Å². The van der Waals surface area contributed by atoms with E-state index in [0.29, 0.717) is 29.3 Å². The molecule has 0 aliphatic rings. The van der Waals surface area contributed by atoms with Gasteiger partial charge in [0.25, 0.3) is 5.91 Å². The first kappa shape index (κ1) is 19.4. The first-order chi connectivity index (χ1) is 13.4. The minimum Gasteiger partial charge on any atom is -0.489 e. The Kier molecular flexibility index (Phi) is 5.90. The van der Waals surface area contributed by atoms with Crippen LogP contribution in [0.3, 0.4) is 0 Å². The fourth-order valence-electron chi connectivity index (χ4n) is 2.45. The molecular formula is C20H19N3O4S. The number of benzene rings is 2. The number of pyridine rings is 1. The summed E-state index contributed by atoms with van der Waals surface area (Å²) < 4.78 is 31.1. The molecule has 28 heavy (non-hydrogen) atoms. The molecule has 8 heteroatoms. The van der Waals surface area contributed by atoms with Gasteiger partial charge in [0.1, 0.15) is 12.4 Å². The van der Waals surface area contributed by atoms with E-state index >= 15 is 0 Å². The van der Waals surface area contributed by atoms with Crippen LogP contribution in [0.25, 0.3) is 0 Å². The van der Waals surface area contributed by atoms with E-state index in [1.807, 2.05) is 12.1 Å². The van der Waals surface area contributed by atoms with Gasteiger partial charge in [-0.05, 0) is 36.4 Å². The molecule has 0 saturated heterocycles. The number of aromatic nitrogens is 1. The second kappa shape index (κ2) is 8.53. The SMILES string of the molecule is CS(=O)(=O)Nc1ccccc1NC(=O)c1cccc(OCc2cccnc2)c1. The van der Waals surface area contributed by atoms with Gasteiger partial charge < -0.3 is 10.1 Å². The monoisotopic (exact) mass is 397 g/mol. The Bertz CT molecular complexity index is 1070. The van der Waals surface area contributed by atoms with E-state index in [4.69, 9.17) is 4.74 Å². The Labute approximate surface area is 163 Å². The lowest BCUT2D eigenvalue weighted by Crippen LogP contribution is -2.16. The van der Waals surface area contributed by atoms with Crippen LogP contribution >= 0.6 is 0 Å². The molecule has 7 nitrogen and oxygen atoms in total. The highest BCUT2D eigenvalue weighted by molar-refractivity contribution is 7.92. The van der Waals surface area contributed by atoms with Crippen LogP contribution in [0.2, 0.25) is 0 Å². The van der Waals surface area contributed by atoms with Crippen molar-refractivity contribution >= 4 is 27.3 Å². The summed E-state index contributed by atoms with van der Waals surface area (Å²) in [5.74, 6) is 0.161. The number of carbonyl (C=O) groups is 1. The number of amides is 1. The summed E-state index contributed by atoms with van der Waals surface area (Å²) in [5, 5.41) is 2.72. The predicted octanol–water partition coefficient (Wildman–Crippen LogP) is 3.28. The number of ether oxygens (including phenoxy) is 1. The Morgan fingerprint density at radius 1 is 1.04 bits per heavy atom. The van der Waals surface area contributed by atoms with Crippen molar-refractivity contribution in [2.45, 2.75) is 6.61 Å². The third kappa shape index (κ3) is 5.55. The molecule has 0 aliphatic heterocycles. The smallest absolute Gasteiger partial charge is 0.255 e. The zero-order valence-corrected chi connectivity index (χ0v) is 15.9. The molecule has 144 valence electrons. The van der Waals surface area contributed by atoms with E-state index in [9.17, 15) is 13.2 Å². The number of para-hydroxylation sites is 2. The van der Waals surface area contributed by atoms with Crippen LogP contribution in [0.1, 0.15) is 15.9 Å². The van der Waals surface area contributed by atoms with Crippen LogP contribution < -0.4 is 14.8 Å². The number of hydrogen-bond acceptors (Lipinski definition) is 5. The number of sulfonamides is 1. The first-order valence-electron chi connectivity index (χ1n) is 8.41. The number of rotatable bonds is 7. The van der Waals surface area contributed by atoms with Crippen LogP contribution in [0.15, 0.2) is 73.1 Å². The van der Waals surface area contributed by atoms with Crippen molar-refractivity contribution in [1.29, 1.82) is 0 Å². The second-order valence-electron chi connectivity index (χ2n) is 6.05. The van der Waals surface area contributed by atoms with Crippen molar-refractivity contribution in [3.8, 4) is 5.75 Å². The van der Waals surface area contributed by atoms with Crippen LogP contribution in [-0.4, -0.2) is 25.6 Å². The first-order valence-corrected chi connectivity index (χ1v) is 10.3.